The largest absolute Gasteiger partial charge is 0.494 e. The number of halogens is 1. The molecule has 1 N–H and O–H groups in total. The number of anilines is 1. The number of hydrogen-bond acceptors (Lipinski definition) is 2. The summed E-state index contributed by atoms with van der Waals surface area (Å²) in [6.45, 7) is 2.14. The molecule has 0 saturated heterocycles. The maximum atomic E-state index is 13.4. The van der Waals surface area contributed by atoms with Gasteiger partial charge in [0.25, 0.3) is 0 Å². The van der Waals surface area contributed by atoms with Gasteiger partial charge in [0.15, 0.2) is 11.6 Å². The number of hydrogen-bond donors (Lipinski definition) is 1. The average molecular weight is 273 g/mol. The van der Waals surface area contributed by atoms with Crippen LogP contribution >= 0.6 is 0 Å². The van der Waals surface area contributed by atoms with Crippen molar-refractivity contribution in [3.63, 3.8) is 0 Å². The number of methoxy groups -OCH3 is 1. The highest BCUT2D eigenvalue weighted by molar-refractivity contribution is 5.49. The van der Waals surface area contributed by atoms with Crippen LogP contribution in [0.4, 0.5) is 10.1 Å². The lowest BCUT2D eigenvalue weighted by Gasteiger charge is -2.19. The summed E-state index contributed by atoms with van der Waals surface area (Å²) in [4.78, 5) is 0. The molecule has 0 aliphatic carbocycles. The molecule has 0 bridgehead atoms. The number of benzene rings is 2. The van der Waals surface area contributed by atoms with Crippen LogP contribution in [0.3, 0.4) is 0 Å². The first-order valence-electron chi connectivity index (χ1n) is 6.87. The maximum Gasteiger partial charge on any atom is 0.165 e. The Morgan fingerprint density at radius 1 is 1.15 bits per heavy atom. The number of nitrogens with one attached hydrogen (secondary N) is 1. The molecule has 0 aliphatic heterocycles. The van der Waals surface area contributed by atoms with E-state index in [1.165, 1.54) is 18.7 Å². The molecule has 2 aromatic carbocycles. The minimum absolute atomic E-state index is 0.268. The summed E-state index contributed by atoms with van der Waals surface area (Å²) >= 11 is 0. The topological polar surface area (TPSA) is 21.3 Å². The Kier molecular flexibility index (Phi) is 4.99. The Labute approximate surface area is 119 Å². The van der Waals surface area contributed by atoms with E-state index < -0.39 is 0 Å². The fourth-order valence-corrected chi connectivity index (χ4v) is 2.18. The highest BCUT2D eigenvalue weighted by atomic mass is 19.1. The molecule has 0 heterocycles. The van der Waals surface area contributed by atoms with Crippen molar-refractivity contribution in [3.8, 4) is 5.75 Å². The Morgan fingerprint density at radius 2 is 1.90 bits per heavy atom. The molecule has 0 amide bonds. The van der Waals surface area contributed by atoms with Crippen LogP contribution in [0.5, 0.6) is 5.75 Å². The van der Waals surface area contributed by atoms with E-state index in [2.05, 4.69) is 24.4 Å². The molecule has 0 aromatic heterocycles. The first-order chi connectivity index (χ1) is 9.72. The molecule has 20 heavy (non-hydrogen) atoms. The molecule has 0 aliphatic rings. The molecule has 0 radical (unpaired) electrons. The van der Waals surface area contributed by atoms with Crippen molar-refractivity contribution >= 4 is 5.69 Å². The molecule has 2 nitrogen and oxygen atoms in total. The molecular weight excluding hydrogens is 253 g/mol. The van der Waals surface area contributed by atoms with Crippen LogP contribution in [0, 0.1) is 5.82 Å². The Balaban J connectivity index is 2.06. The van der Waals surface area contributed by atoms with Gasteiger partial charge in [-0.3, -0.25) is 0 Å². The number of ether oxygens (including phenoxy) is 1. The lowest BCUT2D eigenvalue weighted by Crippen LogP contribution is -2.21. The van der Waals surface area contributed by atoms with E-state index in [1.807, 2.05) is 18.2 Å². The van der Waals surface area contributed by atoms with Crippen LogP contribution < -0.4 is 10.1 Å². The van der Waals surface area contributed by atoms with Gasteiger partial charge in [0, 0.05) is 17.8 Å². The van der Waals surface area contributed by atoms with Gasteiger partial charge in [-0.15, -0.1) is 0 Å². The van der Waals surface area contributed by atoms with Crippen LogP contribution in [-0.4, -0.2) is 13.2 Å². The molecule has 2 rings (SSSR count). The van der Waals surface area contributed by atoms with Gasteiger partial charge < -0.3 is 10.1 Å². The second-order valence-corrected chi connectivity index (χ2v) is 4.79. The molecule has 0 saturated carbocycles. The van der Waals surface area contributed by atoms with Crippen molar-refractivity contribution in [2.45, 2.75) is 25.8 Å². The second kappa shape index (κ2) is 6.94. The van der Waals surface area contributed by atoms with Crippen LogP contribution in [-0.2, 0) is 6.42 Å². The Morgan fingerprint density at radius 3 is 2.55 bits per heavy atom. The zero-order valence-corrected chi connectivity index (χ0v) is 11.9. The van der Waals surface area contributed by atoms with Gasteiger partial charge in [-0.2, -0.15) is 0 Å². The summed E-state index contributed by atoms with van der Waals surface area (Å²) in [5.41, 5.74) is 2.17. The predicted octanol–water partition coefficient (Wildman–Crippen LogP) is 4.27. The molecule has 106 valence electrons. The minimum Gasteiger partial charge on any atom is -0.494 e. The molecule has 1 unspecified atom stereocenters. The predicted molar refractivity (Wildman–Crippen MR) is 80.8 cm³/mol. The summed E-state index contributed by atoms with van der Waals surface area (Å²) in [7, 11) is 1.48. The first-order valence-corrected chi connectivity index (χ1v) is 6.87. The third-order valence-electron chi connectivity index (χ3n) is 3.34. The molecule has 1 atom stereocenters. The van der Waals surface area contributed by atoms with E-state index in [4.69, 9.17) is 4.74 Å². The summed E-state index contributed by atoms with van der Waals surface area (Å²) < 4.78 is 18.4. The van der Waals surface area contributed by atoms with Crippen molar-refractivity contribution in [3.05, 3.63) is 59.9 Å². The lowest BCUT2D eigenvalue weighted by atomic mass is 10.0. The third kappa shape index (κ3) is 3.73. The van der Waals surface area contributed by atoms with Crippen molar-refractivity contribution in [2.24, 2.45) is 0 Å². The van der Waals surface area contributed by atoms with E-state index >= 15 is 0 Å². The summed E-state index contributed by atoms with van der Waals surface area (Å²) in [6, 6.07) is 15.5. The standard InChI is InChI=1S/C17H20FNO/c1-3-14(11-13-7-5-4-6-8-13)19-15-9-10-16(18)17(12-15)20-2/h4-10,12,14,19H,3,11H2,1-2H3. The Bertz CT molecular complexity index is 542. The highest BCUT2D eigenvalue weighted by Crippen LogP contribution is 2.23. The smallest absolute Gasteiger partial charge is 0.165 e. The molecule has 0 fully saturated rings. The van der Waals surface area contributed by atoms with Gasteiger partial charge >= 0.3 is 0 Å². The number of rotatable bonds is 6. The van der Waals surface area contributed by atoms with E-state index in [9.17, 15) is 4.39 Å². The third-order valence-corrected chi connectivity index (χ3v) is 3.34. The van der Waals surface area contributed by atoms with Gasteiger partial charge in [-0.05, 0) is 30.5 Å². The van der Waals surface area contributed by atoms with E-state index in [0.29, 0.717) is 6.04 Å². The summed E-state index contributed by atoms with van der Waals surface area (Å²) in [5.74, 6) is -0.0706. The highest BCUT2D eigenvalue weighted by Gasteiger charge is 2.09. The fraction of sp³-hybridized carbons (Fsp3) is 0.294. The van der Waals surface area contributed by atoms with Crippen LogP contribution in [0.1, 0.15) is 18.9 Å². The van der Waals surface area contributed by atoms with Gasteiger partial charge in [0.2, 0.25) is 0 Å². The van der Waals surface area contributed by atoms with Crippen molar-refractivity contribution < 1.29 is 9.13 Å². The van der Waals surface area contributed by atoms with Crippen molar-refractivity contribution in [1.82, 2.24) is 0 Å². The van der Waals surface area contributed by atoms with Gasteiger partial charge in [0.1, 0.15) is 0 Å². The van der Waals surface area contributed by atoms with Crippen LogP contribution in [0.2, 0.25) is 0 Å². The van der Waals surface area contributed by atoms with Gasteiger partial charge in [-0.25, -0.2) is 4.39 Å². The normalized spacial score (nSPS) is 11.9. The zero-order chi connectivity index (χ0) is 14.4. The van der Waals surface area contributed by atoms with Gasteiger partial charge in [0.05, 0.1) is 7.11 Å². The molecule has 0 spiro atoms. The summed E-state index contributed by atoms with van der Waals surface area (Å²) in [5, 5.41) is 3.43. The van der Waals surface area contributed by atoms with Crippen molar-refractivity contribution in [2.75, 3.05) is 12.4 Å². The lowest BCUT2D eigenvalue weighted by molar-refractivity contribution is 0.386. The monoisotopic (exact) mass is 273 g/mol. The summed E-state index contributed by atoms with van der Waals surface area (Å²) in [6.07, 6.45) is 1.94. The fourth-order valence-electron chi connectivity index (χ4n) is 2.18. The molecular formula is C17H20FNO. The van der Waals surface area contributed by atoms with E-state index in [1.54, 1.807) is 12.1 Å². The van der Waals surface area contributed by atoms with E-state index in [-0.39, 0.29) is 11.6 Å². The maximum absolute atomic E-state index is 13.4. The average Bonchev–Trinajstić information content (AvgIpc) is 2.49. The SMILES string of the molecule is CCC(Cc1ccccc1)Nc1ccc(F)c(OC)c1. The quantitative estimate of drug-likeness (QED) is 0.848. The second-order valence-electron chi connectivity index (χ2n) is 4.79. The van der Waals surface area contributed by atoms with Crippen LogP contribution in [0.25, 0.3) is 0 Å². The first kappa shape index (κ1) is 14.4. The zero-order valence-electron chi connectivity index (χ0n) is 11.9. The van der Waals surface area contributed by atoms with E-state index in [0.717, 1.165) is 18.5 Å². The Hall–Kier alpha value is -2.03. The van der Waals surface area contributed by atoms with Gasteiger partial charge in [-0.1, -0.05) is 37.3 Å². The van der Waals surface area contributed by atoms with Crippen LogP contribution in [0.15, 0.2) is 48.5 Å². The molecule has 3 heteroatoms. The molecule has 2 aromatic rings. The van der Waals surface area contributed by atoms with Crippen molar-refractivity contribution in [1.29, 1.82) is 0 Å². The minimum atomic E-state index is -0.339.